The molecule has 1 aliphatic rings. The number of hydrogen-bond donors (Lipinski definition) is 0. The number of hydrogen-bond acceptors (Lipinski definition) is 5. The van der Waals surface area contributed by atoms with Crippen LogP contribution >= 0.6 is 0 Å². The summed E-state index contributed by atoms with van der Waals surface area (Å²) in [6.45, 7) is 2.96. The number of esters is 1. The van der Waals surface area contributed by atoms with Gasteiger partial charge >= 0.3 is 5.97 Å². The summed E-state index contributed by atoms with van der Waals surface area (Å²) in [4.78, 5) is 38.9. The molecule has 2 amide bonds. The highest BCUT2D eigenvalue weighted by Crippen LogP contribution is 2.28. The molecule has 1 aliphatic heterocycles. The molecule has 1 atom stereocenters. The van der Waals surface area contributed by atoms with E-state index in [0.29, 0.717) is 0 Å². The summed E-state index contributed by atoms with van der Waals surface area (Å²) in [6, 6.07) is 10.8. The lowest BCUT2D eigenvalue weighted by Gasteiger charge is -2.27. The third-order valence-corrected chi connectivity index (χ3v) is 4.52. The minimum Gasteiger partial charge on any atom is -0.459 e. The van der Waals surface area contributed by atoms with E-state index in [4.69, 9.17) is 10.00 Å². The summed E-state index contributed by atoms with van der Waals surface area (Å²) in [7, 11) is 0. The van der Waals surface area contributed by atoms with Crippen LogP contribution < -0.4 is 0 Å². The number of imide groups is 1. The highest BCUT2D eigenvalue weighted by Gasteiger charge is 2.44. The Labute approximate surface area is 161 Å². The van der Waals surface area contributed by atoms with Crippen LogP contribution in [0.3, 0.4) is 0 Å². The Kier molecular flexibility index (Phi) is 5.23. The molecule has 0 radical (unpaired) electrons. The van der Waals surface area contributed by atoms with E-state index in [1.807, 2.05) is 6.07 Å². The van der Waals surface area contributed by atoms with Crippen LogP contribution in [-0.4, -0.2) is 28.7 Å². The average molecular weight is 380 g/mol. The number of nitriles is 1. The number of ether oxygens (including phenoxy) is 1. The van der Waals surface area contributed by atoms with Gasteiger partial charge in [-0.3, -0.25) is 14.5 Å². The number of nitrogens with zero attached hydrogens (tertiary/aromatic N) is 2. The Morgan fingerprint density at radius 2 is 1.75 bits per heavy atom. The lowest BCUT2D eigenvalue weighted by Crippen LogP contribution is -2.48. The Balaban J connectivity index is 1.82. The van der Waals surface area contributed by atoms with Crippen LogP contribution in [0.15, 0.2) is 42.5 Å². The number of carbonyl (C=O) groups is 3. The van der Waals surface area contributed by atoms with Crippen molar-refractivity contribution in [1.29, 1.82) is 5.26 Å². The van der Waals surface area contributed by atoms with Gasteiger partial charge in [-0.2, -0.15) is 5.26 Å². The summed E-state index contributed by atoms with van der Waals surface area (Å²) < 4.78 is 19.1. The lowest BCUT2D eigenvalue weighted by molar-refractivity contribution is -0.151. The van der Waals surface area contributed by atoms with Crippen molar-refractivity contribution in [2.75, 3.05) is 0 Å². The molecule has 0 N–H and O–H groups in total. The minimum atomic E-state index is -1.14. The molecule has 0 saturated heterocycles. The molecule has 1 heterocycles. The van der Waals surface area contributed by atoms with Crippen molar-refractivity contribution < 1.29 is 23.5 Å². The predicted octanol–water partition coefficient (Wildman–Crippen LogP) is 3.06. The molecule has 6 nitrogen and oxygen atoms in total. The predicted molar refractivity (Wildman–Crippen MR) is 96.5 cm³/mol. The molecule has 0 spiro atoms. The van der Waals surface area contributed by atoms with Crippen molar-refractivity contribution in [3.8, 4) is 6.07 Å². The fourth-order valence-corrected chi connectivity index (χ4v) is 3.13. The normalized spacial score (nSPS) is 14.0. The Morgan fingerprint density at radius 1 is 1.14 bits per heavy atom. The Hall–Kier alpha value is -3.53. The monoisotopic (exact) mass is 380 g/mol. The molecule has 7 heteroatoms. The van der Waals surface area contributed by atoms with Gasteiger partial charge in [0.2, 0.25) is 0 Å². The van der Waals surface area contributed by atoms with Crippen LogP contribution in [0.4, 0.5) is 4.39 Å². The first-order chi connectivity index (χ1) is 13.3. The quantitative estimate of drug-likeness (QED) is 0.588. The van der Waals surface area contributed by atoms with Gasteiger partial charge in [-0.25, -0.2) is 9.18 Å². The van der Waals surface area contributed by atoms with Crippen molar-refractivity contribution in [2.45, 2.75) is 26.5 Å². The summed E-state index contributed by atoms with van der Waals surface area (Å²) in [6.07, 6.45) is 0. The van der Waals surface area contributed by atoms with E-state index in [2.05, 4.69) is 0 Å². The first-order valence-corrected chi connectivity index (χ1v) is 8.67. The van der Waals surface area contributed by atoms with Gasteiger partial charge in [0.1, 0.15) is 18.5 Å². The van der Waals surface area contributed by atoms with Crippen LogP contribution in [0.5, 0.6) is 0 Å². The van der Waals surface area contributed by atoms with Crippen molar-refractivity contribution in [1.82, 2.24) is 4.90 Å². The lowest BCUT2D eigenvalue weighted by atomic mass is 10.0. The summed E-state index contributed by atoms with van der Waals surface area (Å²) in [5, 5.41) is 8.92. The van der Waals surface area contributed by atoms with Gasteiger partial charge in [-0.15, -0.1) is 0 Å². The van der Waals surface area contributed by atoms with Crippen molar-refractivity contribution in [2.24, 2.45) is 5.92 Å². The standard InChI is InChI=1S/C21H17FN2O4/c1-12(2)18(24-19(25)15-5-3-4-6-16(15)20(24)26)21(27)28-11-14-9-13(10-23)7-8-17(14)22/h3-9,12,18H,11H2,1-2H3/t18-/m0/s1. The van der Waals surface area contributed by atoms with E-state index in [1.54, 1.807) is 26.0 Å². The van der Waals surface area contributed by atoms with E-state index in [-0.39, 0.29) is 22.3 Å². The molecule has 3 rings (SSSR count). The van der Waals surface area contributed by atoms with Crippen LogP contribution in [0, 0.1) is 23.1 Å². The molecule has 0 saturated carbocycles. The Morgan fingerprint density at radius 3 is 2.29 bits per heavy atom. The molecule has 0 bridgehead atoms. The highest BCUT2D eigenvalue weighted by molar-refractivity contribution is 6.22. The first kappa shape index (κ1) is 19.2. The Bertz CT molecular complexity index is 975. The van der Waals surface area contributed by atoms with E-state index in [1.165, 1.54) is 24.3 Å². The number of carbonyl (C=O) groups excluding carboxylic acids is 3. The number of halogens is 1. The zero-order valence-electron chi connectivity index (χ0n) is 15.3. The third-order valence-electron chi connectivity index (χ3n) is 4.52. The van der Waals surface area contributed by atoms with Gasteiger partial charge in [0.25, 0.3) is 11.8 Å². The molecule has 0 unspecified atom stereocenters. The van der Waals surface area contributed by atoms with Crippen molar-refractivity contribution in [3.05, 3.63) is 70.5 Å². The number of fused-ring (bicyclic) bond motifs is 1. The topological polar surface area (TPSA) is 87.5 Å². The van der Waals surface area contributed by atoms with E-state index in [9.17, 15) is 18.8 Å². The maximum Gasteiger partial charge on any atom is 0.329 e. The third kappa shape index (κ3) is 3.37. The molecule has 2 aromatic carbocycles. The zero-order chi connectivity index (χ0) is 20.4. The largest absolute Gasteiger partial charge is 0.459 e. The van der Waals surface area contributed by atoms with Crippen LogP contribution in [0.1, 0.15) is 45.7 Å². The van der Waals surface area contributed by atoms with Gasteiger partial charge in [-0.1, -0.05) is 26.0 Å². The van der Waals surface area contributed by atoms with Crippen LogP contribution in [0.25, 0.3) is 0 Å². The maximum absolute atomic E-state index is 13.9. The second-order valence-corrected chi connectivity index (χ2v) is 6.74. The molecule has 0 aliphatic carbocycles. The fraction of sp³-hybridized carbons (Fsp3) is 0.238. The first-order valence-electron chi connectivity index (χ1n) is 8.67. The average Bonchev–Trinajstić information content (AvgIpc) is 2.93. The summed E-state index contributed by atoms with van der Waals surface area (Å²) in [5.74, 6) is -2.97. The molecule has 142 valence electrons. The SMILES string of the molecule is CC(C)[C@@H](C(=O)OCc1cc(C#N)ccc1F)N1C(=O)c2ccccc2C1=O. The fourth-order valence-electron chi connectivity index (χ4n) is 3.13. The second-order valence-electron chi connectivity index (χ2n) is 6.74. The molecular formula is C21H17FN2O4. The molecular weight excluding hydrogens is 363 g/mol. The summed E-state index contributed by atoms with van der Waals surface area (Å²) in [5.41, 5.74) is 0.739. The van der Waals surface area contributed by atoms with Gasteiger partial charge in [0.05, 0.1) is 22.8 Å². The molecule has 0 aromatic heterocycles. The van der Waals surface area contributed by atoms with Gasteiger partial charge in [0, 0.05) is 5.56 Å². The van der Waals surface area contributed by atoms with E-state index in [0.717, 1.165) is 11.0 Å². The highest BCUT2D eigenvalue weighted by atomic mass is 19.1. The second kappa shape index (κ2) is 7.61. The van der Waals surface area contributed by atoms with Gasteiger partial charge < -0.3 is 4.74 Å². The van der Waals surface area contributed by atoms with Gasteiger partial charge in [-0.05, 0) is 36.2 Å². The molecule has 2 aromatic rings. The summed E-state index contributed by atoms with van der Waals surface area (Å²) >= 11 is 0. The van der Waals surface area contributed by atoms with Crippen LogP contribution in [0.2, 0.25) is 0 Å². The minimum absolute atomic E-state index is 0.0391. The number of benzene rings is 2. The van der Waals surface area contributed by atoms with E-state index < -0.39 is 42.2 Å². The molecule has 0 fully saturated rings. The van der Waals surface area contributed by atoms with Crippen LogP contribution in [-0.2, 0) is 16.1 Å². The van der Waals surface area contributed by atoms with E-state index >= 15 is 0 Å². The van der Waals surface area contributed by atoms with Crippen molar-refractivity contribution in [3.63, 3.8) is 0 Å². The number of rotatable bonds is 5. The van der Waals surface area contributed by atoms with Crippen molar-refractivity contribution >= 4 is 17.8 Å². The van der Waals surface area contributed by atoms with Gasteiger partial charge in [0.15, 0.2) is 0 Å². The number of amides is 2. The zero-order valence-corrected chi connectivity index (χ0v) is 15.3. The maximum atomic E-state index is 13.9. The molecule has 28 heavy (non-hydrogen) atoms. The smallest absolute Gasteiger partial charge is 0.329 e.